The molecular formula is C12H17NO3S. The zero-order valence-corrected chi connectivity index (χ0v) is 10.9. The van der Waals surface area contributed by atoms with Crippen LogP contribution in [0.4, 0.5) is 0 Å². The van der Waals surface area contributed by atoms with Crippen molar-refractivity contribution in [1.82, 2.24) is 5.32 Å². The molecule has 5 heteroatoms. The Morgan fingerprint density at radius 2 is 2.47 bits per heavy atom. The molecule has 2 N–H and O–H groups in total. The third-order valence-corrected chi connectivity index (χ3v) is 4.24. The molecule has 0 aliphatic carbocycles. The lowest BCUT2D eigenvalue weighted by atomic mass is 10.0. The third-order valence-electron chi connectivity index (χ3n) is 3.16. The van der Waals surface area contributed by atoms with Crippen LogP contribution in [0.1, 0.15) is 33.5 Å². The van der Waals surface area contributed by atoms with Gasteiger partial charge >= 0.3 is 5.97 Å². The Balaban J connectivity index is 2.01. The maximum absolute atomic E-state index is 10.9. The van der Waals surface area contributed by atoms with Crippen molar-refractivity contribution in [3.05, 3.63) is 21.4 Å². The van der Waals surface area contributed by atoms with Gasteiger partial charge in [-0.25, -0.2) is 4.79 Å². The lowest BCUT2D eigenvalue weighted by Crippen LogP contribution is -2.42. The van der Waals surface area contributed by atoms with E-state index in [-0.39, 0.29) is 5.54 Å². The van der Waals surface area contributed by atoms with Gasteiger partial charge in [-0.15, -0.1) is 11.3 Å². The first-order valence-corrected chi connectivity index (χ1v) is 6.47. The van der Waals surface area contributed by atoms with E-state index in [0.29, 0.717) is 11.4 Å². The minimum absolute atomic E-state index is 0.0256. The van der Waals surface area contributed by atoms with Crippen LogP contribution in [-0.2, 0) is 11.3 Å². The standard InChI is InChI=1S/C12H17NO3S/c1-8-9(5-10(17-8)11(14)15)6-13-12(2)3-4-16-7-12/h5,13H,3-4,6-7H2,1-2H3,(H,14,15). The Hall–Kier alpha value is -0.910. The molecule has 17 heavy (non-hydrogen) atoms. The molecule has 0 bridgehead atoms. The molecule has 0 spiro atoms. The third kappa shape index (κ3) is 2.86. The van der Waals surface area contributed by atoms with Gasteiger partial charge in [-0.05, 0) is 31.9 Å². The second kappa shape index (κ2) is 4.76. The number of ether oxygens (including phenoxy) is 1. The van der Waals surface area contributed by atoms with Crippen LogP contribution < -0.4 is 5.32 Å². The highest BCUT2D eigenvalue weighted by atomic mass is 32.1. The van der Waals surface area contributed by atoms with Gasteiger partial charge in [0.1, 0.15) is 4.88 Å². The number of hydrogen-bond acceptors (Lipinski definition) is 4. The Kier molecular flexibility index (Phi) is 3.51. The van der Waals surface area contributed by atoms with Crippen molar-refractivity contribution in [2.75, 3.05) is 13.2 Å². The normalized spacial score (nSPS) is 24.1. The summed E-state index contributed by atoms with van der Waals surface area (Å²) in [6.45, 7) is 6.32. The van der Waals surface area contributed by atoms with Gasteiger partial charge in [0.15, 0.2) is 0 Å². The number of aryl methyl sites for hydroxylation is 1. The highest BCUT2D eigenvalue weighted by Crippen LogP contribution is 2.23. The first-order chi connectivity index (χ1) is 8.00. The minimum Gasteiger partial charge on any atom is -0.477 e. The van der Waals surface area contributed by atoms with Crippen LogP contribution in [0.25, 0.3) is 0 Å². The van der Waals surface area contributed by atoms with E-state index in [1.807, 2.05) is 6.92 Å². The molecule has 94 valence electrons. The zero-order chi connectivity index (χ0) is 12.5. The summed E-state index contributed by atoms with van der Waals surface area (Å²) >= 11 is 1.33. The average molecular weight is 255 g/mol. The fraction of sp³-hybridized carbons (Fsp3) is 0.583. The number of carboxylic acids is 1. The number of rotatable bonds is 4. The second-order valence-corrected chi connectivity index (χ2v) is 5.97. The summed E-state index contributed by atoms with van der Waals surface area (Å²) < 4.78 is 5.37. The summed E-state index contributed by atoms with van der Waals surface area (Å²) in [6, 6.07) is 1.76. The van der Waals surface area contributed by atoms with Gasteiger partial charge in [0.25, 0.3) is 0 Å². The van der Waals surface area contributed by atoms with Gasteiger partial charge in [-0.2, -0.15) is 0 Å². The summed E-state index contributed by atoms with van der Waals surface area (Å²) in [5.74, 6) is -0.847. The lowest BCUT2D eigenvalue weighted by Gasteiger charge is -2.23. The molecule has 1 aliphatic heterocycles. The Bertz CT molecular complexity index is 421. The van der Waals surface area contributed by atoms with Crippen molar-refractivity contribution < 1.29 is 14.6 Å². The second-order valence-electron chi connectivity index (χ2n) is 4.71. The predicted octanol–water partition coefficient (Wildman–Crippen LogP) is 2.02. The van der Waals surface area contributed by atoms with Crippen LogP contribution >= 0.6 is 11.3 Å². The number of nitrogens with one attached hydrogen (secondary N) is 1. The maximum atomic E-state index is 10.9. The van der Waals surface area contributed by atoms with E-state index in [9.17, 15) is 4.79 Å². The van der Waals surface area contributed by atoms with Gasteiger partial charge in [0, 0.05) is 23.6 Å². The van der Waals surface area contributed by atoms with Crippen LogP contribution in [0.5, 0.6) is 0 Å². The Labute approximate surface area is 105 Å². The van der Waals surface area contributed by atoms with Crippen LogP contribution in [0.15, 0.2) is 6.07 Å². The lowest BCUT2D eigenvalue weighted by molar-refractivity contribution is 0.0702. The SMILES string of the molecule is Cc1sc(C(=O)O)cc1CNC1(C)CCOC1. The summed E-state index contributed by atoms with van der Waals surface area (Å²) in [7, 11) is 0. The quantitative estimate of drug-likeness (QED) is 0.864. The first-order valence-electron chi connectivity index (χ1n) is 5.65. The molecule has 1 saturated heterocycles. The number of hydrogen-bond donors (Lipinski definition) is 2. The van der Waals surface area contributed by atoms with Crippen molar-refractivity contribution >= 4 is 17.3 Å². The van der Waals surface area contributed by atoms with E-state index < -0.39 is 5.97 Å². The zero-order valence-electron chi connectivity index (χ0n) is 10.1. The molecular weight excluding hydrogens is 238 g/mol. The van der Waals surface area contributed by atoms with Crippen LogP contribution in [0.2, 0.25) is 0 Å². The van der Waals surface area contributed by atoms with E-state index >= 15 is 0 Å². The monoisotopic (exact) mass is 255 g/mol. The summed E-state index contributed by atoms with van der Waals surface area (Å²) in [5.41, 5.74) is 1.10. The molecule has 0 aromatic carbocycles. The van der Waals surface area contributed by atoms with E-state index in [0.717, 1.165) is 30.1 Å². The van der Waals surface area contributed by atoms with Crippen LogP contribution in [0, 0.1) is 6.92 Å². The van der Waals surface area contributed by atoms with E-state index in [1.54, 1.807) is 6.07 Å². The van der Waals surface area contributed by atoms with Gasteiger partial charge in [-0.1, -0.05) is 0 Å². The highest BCUT2D eigenvalue weighted by Gasteiger charge is 2.29. The Morgan fingerprint density at radius 3 is 3.00 bits per heavy atom. The van der Waals surface area contributed by atoms with E-state index in [4.69, 9.17) is 9.84 Å². The molecule has 1 fully saturated rings. The van der Waals surface area contributed by atoms with E-state index in [2.05, 4.69) is 12.2 Å². The minimum atomic E-state index is -0.847. The molecule has 2 heterocycles. The van der Waals surface area contributed by atoms with Crippen molar-refractivity contribution in [1.29, 1.82) is 0 Å². The van der Waals surface area contributed by atoms with Crippen molar-refractivity contribution in [2.24, 2.45) is 0 Å². The van der Waals surface area contributed by atoms with Gasteiger partial charge in [0.2, 0.25) is 0 Å². The summed E-state index contributed by atoms with van der Waals surface area (Å²) in [4.78, 5) is 12.3. The molecule has 4 nitrogen and oxygen atoms in total. The molecule has 1 aliphatic rings. The molecule has 0 saturated carbocycles. The van der Waals surface area contributed by atoms with Crippen LogP contribution in [0.3, 0.4) is 0 Å². The summed E-state index contributed by atoms with van der Waals surface area (Å²) in [5, 5.41) is 12.4. The molecule has 1 aromatic heterocycles. The maximum Gasteiger partial charge on any atom is 0.345 e. The average Bonchev–Trinajstić information content (AvgIpc) is 2.83. The number of aromatic carboxylic acids is 1. The molecule has 2 rings (SSSR count). The summed E-state index contributed by atoms with van der Waals surface area (Å²) in [6.07, 6.45) is 1.00. The fourth-order valence-corrected chi connectivity index (χ4v) is 2.80. The van der Waals surface area contributed by atoms with Gasteiger partial charge in [-0.3, -0.25) is 0 Å². The molecule has 1 unspecified atom stereocenters. The smallest absolute Gasteiger partial charge is 0.345 e. The highest BCUT2D eigenvalue weighted by molar-refractivity contribution is 7.14. The van der Waals surface area contributed by atoms with Gasteiger partial charge < -0.3 is 15.2 Å². The number of thiophene rings is 1. The number of carboxylic acid groups (broad SMARTS) is 1. The van der Waals surface area contributed by atoms with Gasteiger partial charge in [0.05, 0.1) is 6.61 Å². The topological polar surface area (TPSA) is 58.6 Å². The van der Waals surface area contributed by atoms with Crippen molar-refractivity contribution in [3.8, 4) is 0 Å². The van der Waals surface area contributed by atoms with Crippen LogP contribution in [-0.4, -0.2) is 29.8 Å². The first kappa shape index (κ1) is 12.5. The fourth-order valence-electron chi connectivity index (χ4n) is 1.92. The van der Waals surface area contributed by atoms with Crippen molar-refractivity contribution in [2.45, 2.75) is 32.4 Å². The molecule has 1 atom stereocenters. The number of carbonyl (C=O) groups is 1. The molecule has 1 aromatic rings. The largest absolute Gasteiger partial charge is 0.477 e. The van der Waals surface area contributed by atoms with Crippen molar-refractivity contribution in [3.63, 3.8) is 0 Å². The predicted molar refractivity (Wildman–Crippen MR) is 66.7 cm³/mol. The van der Waals surface area contributed by atoms with E-state index in [1.165, 1.54) is 11.3 Å². The molecule has 0 radical (unpaired) electrons. The molecule has 0 amide bonds. The Morgan fingerprint density at radius 1 is 1.71 bits per heavy atom.